The minimum absolute atomic E-state index is 0.231. The molecule has 1 aliphatic carbocycles. The zero-order chi connectivity index (χ0) is 21.1. The van der Waals surface area contributed by atoms with E-state index in [-0.39, 0.29) is 48.7 Å². The Bertz CT molecular complexity index is 1150. The fraction of sp³-hybridized carbons (Fsp3) is 0.429. The zero-order valence-corrected chi connectivity index (χ0v) is 17.1. The summed E-state index contributed by atoms with van der Waals surface area (Å²) in [7, 11) is 0. The number of hydrogen-bond donors (Lipinski definition) is 3. The predicted octanol–water partition coefficient (Wildman–Crippen LogP) is 2.29. The van der Waals surface area contributed by atoms with Crippen LogP contribution in [0.5, 0.6) is 17.6 Å². The number of aromatic hydroxyl groups is 1. The Hall–Kier alpha value is -2.59. The number of aromatic amines is 1. The summed E-state index contributed by atoms with van der Waals surface area (Å²) in [6, 6.07) is 7.39. The Labute approximate surface area is 181 Å². The maximum absolute atomic E-state index is 10.0. The van der Waals surface area contributed by atoms with Crippen molar-refractivity contribution in [1.29, 1.82) is 0 Å². The van der Waals surface area contributed by atoms with Crippen LogP contribution in [0.2, 0.25) is 5.02 Å². The molecule has 1 aromatic carbocycles. The highest BCUT2D eigenvalue weighted by Crippen LogP contribution is 2.40. The molecule has 5 atom stereocenters. The van der Waals surface area contributed by atoms with E-state index in [9.17, 15) is 10.2 Å². The summed E-state index contributed by atoms with van der Waals surface area (Å²) < 4.78 is 23.2. The molecule has 0 radical (unpaired) electrons. The number of rotatable bonds is 4. The molecule has 3 aliphatic rings. The number of nitrogens with one attached hydrogen (secondary N) is 1. The van der Waals surface area contributed by atoms with Gasteiger partial charge in [0, 0.05) is 5.56 Å². The maximum Gasteiger partial charge on any atom is 0.296 e. The molecule has 162 valence electrons. The monoisotopic (exact) mass is 445 g/mol. The van der Waals surface area contributed by atoms with Crippen LogP contribution >= 0.6 is 11.6 Å². The summed E-state index contributed by atoms with van der Waals surface area (Å²) in [6.45, 7) is 0.537. The summed E-state index contributed by atoms with van der Waals surface area (Å²) >= 11 is 6.42. The maximum atomic E-state index is 10.0. The lowest BCUT2D eigenvalue weighted by atomic mass is 10.1. The van der Waals surface area contributed by atoms with Gasteiger partial charge in [-0.15, -0.1) is 0 Å². The van der Waals surface area contributed by atoms with Gasteiger partial charge in [0.2, 0.25) is 5.88 Å². The van der Waals surface area contributed by atoms with Gasteiger partial charge in [0.25, 0.3) is 6.01 Å². The number of hydrogen-bond acceptors (Lipinski definition) is 8. The zero-order valence-electron chi connectivity index (χ0n) is 16.3. The molecule has 2 aliphatic heterocycles. The van der Waals surface area contributed by atoms with E-state index in [0.717, 1.165) is 24.0 Å². The minimum atomic E-state index is -0.642. The first kappa shape index (κ1) is 19.1. The molecule has 0 amide bonds. The van der Waals surface area contributed by atoms with Gasteiger partial charge < -0.3 is 34.1 Å². The van der Waals surface area contributed by atoms with Crippen LogP contribution in [-0.2, 0) is 15.9 Å². The van der Waals surface area contributed by atoms with Crippen molar-refractivity contribution < 1.29 is 29.2 Å². The van der Waals surface area contributed by atoms with Gasteiger partial charge in [-0.05, 0) is 30.5 Å². The van der Waals surface area contributed by atoms with Crippen LogP contribution in [0.1, 0.15) is 23.7 Å². The number of fused-ring (bicyclic) bond motifs is 3. The van der Waals surface area contributed by atoms with Crippen LogP contribution in [0.25, 0.3) is 11.2 Å². The molecule has 2 saturated heterocycles. The molecular weight excluding hydrogens is 426 g/mol. The number of benzene rings is 1. The summed E-state index contributed by atoms with van der Waals surface area (Å²) in [5.41, 5.74) is 2.86. The first-order valence-corrected chi connectivity index (χ1v) is 10.6. The van der Waals surface area contributed by atoms with E-state index in [1.165, 1.54) is 0 Å². The van der Waals surface area contributed by atoms with Crippen LogP contribution in [0, 0.1) is 0 Å². The fourth-order valence-corrected chi connectivity index (χ4v) is 4.76. The average molecular weight is 446 g/mol. The molecule has 3 aromatic rings. The number of imidazole rings is 1. The normalized spacial score (nSPS) is 29.3. The van der Waals surface area contributed by atoms with E-state index in [1.807, 2.05) is 6.07 Å². The summed E-state index contributed by atoms with van der Waals surface area (Å²) in [6.07, 6.45) is -0.511. The summed E-state index contributed by atoms with van der Waals surface area (Å²) in [5.74, 6) is 0.559. The molecule has 4 heterocycles. The van der Waals surface area contributed by atoms with Gasteiger partial charge in [-0.3, -0.25) is 0 Å². The molecule has 0 bridgehead atoms. The molecular formula is C21H20ClN3O6. The number of pyridine rings is 1. The number of aliphatic hydroxyl groups excluding tert-OH is 1. The molecule has 3 N–H and O–H groups in total. The fourth-order valence-electron chi connectivity index (χ4n) is 4.56. The van der Waals surface area contributed by atoms with Crippen molar-refractivity contribution >= 4 is 22.8 Å². The Morgan fingerprint density at radius 3 is 2.90 bits per heavy atom. The average Bonchev–Trinajstić information content (AvgIpc) is 3.50. The van der Waals surface area contributed by atoms with Gasteiger partial charge in [-0.1, -0.05) is 23.7 Å². The smallest absolute Gasteiger partial charge is 0.296 e. The van der Waals surface area contributed by atoms with E-state index < -0.39 is 6.10 Å². The number of aliphatic hydroxyl groups is 1. The Balaban J connectivity index is 1.23. The molecule has 2 fully saturated rings. The predicted molar refractivity (Wildman–Crippen MR) is 109 cm³/mol. The lowest BCUT2D eigenvalue weighted by molar-refractivity contribution is 0.00706. The van der Waals surface area contributed by atoms with Crippen LogP contribution in [0.15, 0.2) is 24.3 Å². The molecule has 9 nitrogen and oxygen atoms in total. The van der Waals surface area contributed by atoms with Crippen molar-refractivity contribution in [1.82, 2.24) is 15.0 Å². The molecule has 31 heavy (non-hydrogen) atoms. The minimum Gasteiger partial charge on any atom is -0.508 e. The lowest BCUT2D eigenvalue weighted by Gasteiger charge is -2.15. The summed E-state index contributed by atoms with van der Waals surface area (Å²) in [4.78, 5) is 11.9. The second-order valence-electron chi connectivity index (χ2n) is 8.00. The first-order valence-electron chi connectivity index (χ1n) is 10.2. The van der Waals surface area contributed by atoms with Crippen molar-refractivity contribution in [3.63, 3.8) is 0 Å². The highest BCUT2D eigenvalue weighted by molar-refractivity contribution is 6.32. The largest absolute Gasteiger partial charge is 0.508 e. The molecule has 6 rings (SSSR count). The van der Waals surface area contributed by atoms with E-state index in [2.05, 4.69) is 15.0 Å². The second kappa shape index (κ2) is 7.23. The molecule has 1 unspecified atom stereocenters. The Kier molecular flexibility index (Phi) is 4.46. The summed E-state index contributed by atoms with van der Waals surface area (Å²) in [5, 5.41) is 20.3. The second-order valence-corrected chi connectivity index (χ2v) is 8.41. The molecule has 0 saturated carbocycles. The van der Waals surface area contributed by atoms with E-state index in [1.54, 1.807) is 18.2 Å². The van der Waals surface area contributed by atoms with Crippen LogP contribution in [-0.4, -0.2) is 62.8 Å². The van der Waals surface area contributed by atoms with Gasteiger partial charge in [0.15, 0.2) is 11.8 Å². The number of nitrogens with zero attached hydrogens (tertiary/aromatic N) is 2. The SMILES string of the molecule is Oc1cccc2c1CCC2Oc1nc2nc(O[C@@H]3CO[C@H]4[C@@H]3OC[C@H]4O)[nH]c2cc1Cl. The Morgan fingerprint density at radius 1 is 1.13 bits per heavy atom. The van der Waals surface area contributed by atoms with E-state index in [0.29, 0.717) is 22.8 Å². The number of phenols is 1. The van der Waals surface area contributed by atoms with E-state index >= 15 is 0 Å². The van der Waals surface area contributed by atoms with E-state index in [4.69, 9.17) is 30.5 Å². The van der Waals surface area contributed by atoms with Gasteiger partial charge in [-0.25, -0.2) is 0 Å². The van der Waals surface area contributed by atoms with Crippen molar-refractivity contribution in [2.75, 3.05) is 13.2 Å². The van der Waals surface area contributed by atoms with Crippen LogP contribution < -0.4 is 9.47 Å². The molecule has 0 spiro atoms. The van der Waals surface area contributed by atoms with Crippen LogP contribution in [0.4, 0.5) is 0 Å². The van der Waals surface area contributed by atoms with Crippen LogP contribution in [0.3, 0.4) is 0 Å². The van der Waals surface area contributed by atoms with Gasteiger partial charge in [-0.2, -0.15) is 9.97 Å². The van der Waals surface area contributed by atoms with Crippen molar-refractivity contribution in [2.45, 2.75) is 43.4 Å². The number of halogens is 1. The van der Waals surface area contributed by atoms with Crippen molar-refractivity contribution in [3.8, 4) is 17.6 Å². The quantitative estimate of drug-likeness (QED) is 0.559. The third-order valence-corrected chi connectivity index (χ3v) is 6.33. The standard InChI is InChI=1S/C21H20ClN3O6/c22-11-6-12-19(24-20(11)30-15-5-4-9-10(15)2-1-3-13(9)26)25-21(23-12)31-16-8-29-17-14(27)7-28-18(16)17/h1-3,6,14-18,26-27H,4-5,7-8H2,(H,23,24,25)/t14-,15?,16-,17-,18-/m1/s1. The van der Waals surface area contributed by atoms with Crippen molar-refractivity contribution in [3.05, 3.63) is 40.4 Å². The highest BCUT2D eigenvalue weighted by atomic mass is 35.5. The highest BCUT2D eigenvalue weighted by Gasteiger charge is 2.48. The number of H-pyrrole nitrogens is 1. The Morgan fingerprint density at radius 2 is 2.00 bits per heavy atom. The number of phenolic OH excluding ortho intramolecular Hbond substituents is 1. The van der Waals surface area contributed by atoms with Gasteiger partial charge in [0.1, 0.15) is 35.2 Å². The number of aromatic nitrogens is 3. The van der Waals surface area contributed by atoms with Crippen molar-refractivity contribution in [2.24, 2.45) is 0 Å². The van der Waals surface area contributed by atoms with Gasteiger partial charge in [0.05, 0.1) is 18.7 Å². The third-order valence-electron chi connectivity index (χ3n) is 6.06. The molecule has 2 aromatic heterocycles. The lowest BCUT2D eigenvalue weighted by Crippen LogP contribution is -2.34. The third kappa shape index (κ3) is 3.20. The first-order chi connectivity index (χ1) is 15.1. The topological polar surface area (TPSA) is 119 Å². The molecule has 10 heteroatoms. The number of ether oxygens (including phenoxy) is 4. The van der Waals surface area contributed by atoms with Gasteiger partial charge >= 0.3 is 0 Å².